The maximum Gasteiger partial charge on any atom is 0.195 e. The second-order valence-electron chi connectivity index (χ2n) is 3.47. The highest BCUT2D eigenvalue weighted by molar-refractivity contribution is 7.99. The molecule has 1 aromatic carbocycles. The first-order valence-corrected chi connectivity index (χ1v) is 5.85. The van der Waals surface area contributed by atoms with E-state index in [1.165, 1.54) is 11.8 Å². The first-order chi connectivity index (χ1) is 7.58. The molecule has 0 spiro atoms. The molecule has 0 aliphatic heterocycles. The Hall–Kier alpha value is -1.20. The zero-order chi connectivity index (χ0) is 11.7. The lowest BCUT2D eigenvalue weighted by atomic mass is 10.2. The van der Waals surface area contributed by atoms with Crippen LogP contribution in [0.1, 0.15) is 5.56 Å². The van der Waals surface area contributed by atoms with E-state index in [0.717, 1.165) is 15.6 Å². The highest BCUT2D eigenvalue weighted by atomic mass is 35.5. The Balaban J connectivity index is 2.35. The Labute approximate surface area is 103 Å². The van der Waals surface area contributed by atoms with Gasteiger partial charge in [0.2, 0.25) is 0 Å². The van der Waals surface area contributed by atoms with Crippen LogP contribution in [0.25, 0.3) is 0 Å². The first kappa shape index (κ1) is 11.3. The molecule has 2 rings (SSSR count). The van der Waals surface area contributed by atoms with E-state index in [2.05, 4.69) is 10.2 Å². The van der Waals surface area contributed by atoms with Gasteiger partial charge in [-0.25, -0.2) is 0 Å². The van der Waals surface area contributed by atoms with E-state index in [1.54, 1.807) is 6.33 Å². The summed E-state index contributed by atoms with van der Waals surface area (Å²) in [5, 5.41) is 9.22. The van der Waals surface area contributed by atoms with Gasteiger partial charge in [-0.05, 0) is 36.4 Å². The smallest absolute Gasteiger partial charge is 0.195 e. The molecule has 0 fully saturated rings. The lowest BCUT2D eigenvalue weighted by molar-refractivity contribution is 0.788. The predicted molar refractivity (Wildman–Crippen MR) is 65.7 cm³/mol. The molecule has 0 aliphatic rings. The second-order valence-corrected chi connectivity index (χ2v) is 4.88. The van der Waals surface area contributed by atoms with E-state index in [0.29, 0.717) is 10.7 Å². The zero-order valence-electron chi connectivity index (χ0n) is 8.94. The van der Waals surface area contributed by atoms with Crippen molar-refractivity contribution in [3.8, 4) is 0 Å². The summed E-state index contributed by atoms with van der Waals surface area (Å²) in [5.41, 5.74) is 7.40. The minimum Gasteiger partial charge on any atom is -0.398 e. The van der Waals surface area contributed by atoms with Gasteiger partial charge in [0.25, 0.3) is 0 Å². The fraction of sp³-hybridized carbons (Fsp3) is 0.200. The lowest BCUT2D eigenvalue weighted by Gasteiger charge is -2.07. The molecular weight excluding hydrogens is 244 g/mol. The van der Waals surface area contributed by atoms with Crippen LogP contribution in [-0.2, 0) is 7.05 Å². The summed E-state index contributed by atoms with van der Waals surface area (Å²) >= 11 is 7.50. The molecule has 84 valence electrons. The van der Waals surface area contributed by atoms with Crippen LogP contribution >= 0.6 is 23.4 Å². The Morgan fingerprint density at radius 1 is 1.44 bits per heavy atom. The molecule has 2 N–H and O–H groups in total. The van der Waals surface area contributed by atoms with E-state index in [-0.39, 0.29) is 0 Å². The van der Waals surface area contributed by atoms with Crippen LogP contribution in [0.15, 0.2) is 28.5 Å². The molecule has 0 amide bonds. The number of aryl methyl sites for hydroxylation is 2. The van der Waals surface area contributed by atoms with E-state index in [4.69, 9.17) is 17.3 Å². The van der Waals surface area contributed by atoms with Crippen LogP contribution < -0.4 is 5.73 Å². The summed E-state index contributed by atoms with van der Waals surface area (Å²) in [7, 11) is 1.90. The molecular formula is C10H11ClN4S. The molecule has 0 atom stereocenters. The molecule has 0 saturated carbocycles. The van der Waals surface area contributed by atoms with Crippen molar-refractivity contribution in [1.29, 1.82) is 0 Å². The average molecular weight is 255 g/mol. The Kier molecular flexibility index (Phi) is 3.07. The quantitative estimate of drug-likeness (QED) is 0.837. The SMILES string of the molecule is Cc1cc(N)c(Cl)cc1Sc1nncn1C. The number of nitrogens with two attached hydrogens (primary N) is 1. The molecule has 1 heterocycles. The van der Waals surface area contributed by atoms with Crippen molar-refractivity contribution in [2.75, 3.05) is 5.73 Å². The molecule has 4 nitrogen and oxygen atoms in total. The molecule has 0 aliphatic carbocycles. The molecule has 0 radical (unpaired) electrons. The average Bonchev–Trinajstić information content (AvgIpc) is 2.61. The number of halogens is 1. The first-order valence-electron chi connectivity index (χ1n) is 4.65. The van der Waals surface area contributed by atoms with Gasteiger partial charge in [-0.3, -0.25) is 0 Å². The van der Waals surface area contributed by atoms with Crippen molar-refractivity contribution in [3.05, 3.63) is 29.0 Å². The van der Waals surface area contributed by atoms with Crippen molar-refractivity contribution in [1.82, 2.24) is 14.8 Å². The number of benzene rings is 1. The summed E-state index contributed by atoms with van der Waals surface area (Å²) in [6, 6.07) is 3.71. The largest absolute Gasteiger partial charge is 0.398 e. The molecule has 0 unspecified atom stereocenters. The molecule has 0 saturated heterocycles. The number of nitrogen functional groups attached to an aromatic ring is 1. The molecule has 16 heavy (non-hydrogen) atoms. The third-order valence-corrected chi connectivity index (χ3v) is 3.70. The highest BCUT2D eigenvalue weighted by Crippen LogP contribution is 2.33. The number of hydrogen-bond acceptors (Lipinski definition) is 4. The van der Waals surface area contributed by atoms with Gasteiger partial charge >= 0.3 is 0 Å². The van der Waals surface area contributed by atoms with E-state index < -0.39 is 0 Å². The summed E-state index contributed by atoms with van der Waals surface area (Å²) in [4.78, 5) is 1.04. The molecule has 0 bridgehead atoms. The van der Waals surface area contributed by atoms with Gasteiger partial charge in [0.05, 0.1) is 10.7 Å². The second kappa shape index (κ2) is 4.35. The third kappa shape index (κ3) is 2.15. The normalized spacial score (nSPS) is 10.7. The summed E-state index contributed by atoms with van der Waals surface area (Å²) in [5.74, 6) is 0. The molecule has 1 aromatic heterocycles. The fourth-order valence-electron chi connectivity index (χ4n) is 1.26. The van der Waals surface area contributed by atoms with Gasteiger partial charge in [0.15, 0.2) is 5.16 Å². The monoisotopic (exact) mass is 254 g/mol. The summed E-state index contributed by atoms with van der Waals surface area (Å²) < 4.78 is 1.86. The lowest BCUT2D eigenvalue weighted by Crippen LogP contribution is -1.92. The topological polar surface area (TPSA) is 56.7 Å². The van der Waals surface area contributed by atoms with Crippen LogP contribution in [0, 0.1) is 6.92 Å². The van der Waals surface area contributed by atoms with Crippen molar-refractivity contribution < 1.29 is 0 Å². The number of anilines is 1. The Bertz CT molecular complexity index is 524. The van der Waals surface area contributed by atoms with Crippen LogP contribution in [0.5, 0.6) is 0 Å². The zero-order valence-corrected chi connectivity index (χ0v) is 10.5. The van der Waals surface area contributed by atoms with E-state index in [9.17, 15) is 0 Å². The van der Waals surface area contributed by atoms with Crippen LogP contribution in [0.2, 0.25) is 5.02 Å². The molecule has 2 aromatic rings. The van der Waals surface area contributed by atoms with Gasteiger partial charge < -0.3 is 10.3 Å². The predicted octanol–water partition coefficient (Wildman–Crippen LogP) is 2.51. The number of aromatic nitrogens is 3. The molecule has 6 heteroatoms. The van der Waals surface area contributed by atoms with Crippen LogP contribution in [-0.4, -0.2) is 14.8 Å². The minimum atomic E-state index is 0.565. The standard InChI is InChI=1S/C10H11ClN4S/c1-6-3-8(12)7(11)4-9(6)16-10-14-13-5-15(10)2/h3-5H,12H2,1-2H3. The van der Waals surface area contributed by atoms with E-state index >= 15 is 0 Å². The van der Waals surface area contributed by atoms with E-state index in [1.807, 2.05) is 30.7 Å². The van der Waals surface area contributed by atoms with Crippen LogP contribution in [0.4, 0.5) is 5.69 Å². The van der Waals surface area contributed by atoms with Crippen molar-refractivity contribution in [2.24, 2.45) is 7.05 Å². The highest BCUT2D eigenvalue weighted by Gasteiger charge is 2.08. The number of hydrogen-bond donors (Lipinski definition) is 1. The maximum atomic E-state index is 5.98. The van der Waals surface area contributed by atoms with Crippen molar-refractivity contribution in [2.45, 2.75) is 17.0 Å². The van der Waals surface area contributed by atoms with Crippen molar-refractivity contribution >= 4 is 29.1 Å². The van der Waals surface area contributed by atoms with Crippen molar-refractivity contribution in [3.63, 3.8) is 0 Å². The summed E-state index contributed by atoms with van der Waals surface area (Å²) in [6.07, 6.45) is 1.66. The summed E-state index contributed by atoms with van der Waals surface area (Å²) in [6.45, 7) is 1.99. The number of rotatable bonds is 2. The maximum absolute atomic E-state index is 5.98. The van der Waals surface area contributed by atoms with Gasteiger partial charge in [0.1, 0.15) is 6.33 Å². The fourth-order valence-corrected chi connectivity index (χ4v) is 2.36. The van der Waals surface area contributed by atoms with Crippen LogP contribution in [0.3, 0.4) is 0 Å². The third-order valence-electron chi connectivity index (χ3n) is 2.17. The van der Waals surface area contributed by atoms with Gasteiger partial charge in [-0.1, -0.05) is 11.6 Å². The Morgan fingerprint density at radius 2 is 2.19 bits per heavy atom. The Morgan fingerprint density at radius 3 is 2.81 bits per heavy atom. The van der Waals surface area contributed by atoms with Gasteiger partial charge in [0, 0.05) is 11.9 Å². The number of nitrogens with zero attached hydrogens (tertiary/aromatic N) is 3. The van der Waals surface area contributed by atoms with Gasteiger partial charge in [-0.2, -0.15) is 0 Å². The minimum absolute atomic E-state index is 0.565. The van der Waals surface area contributed by atoms with Gasteiger partial charge in [-0.15, -0.1) is 10.2 Å².